The summed E-state index contributed by atoms with van der Waals surface area (Å²) in [7, 11) is -4.77. The smallest absolute Gasteiger partial charge is 0.462 e. The van der Waals surface area contributed by atoms with Crippen molar-refractivity contribution in [2.45, 2.75) is 123 Å². The lowest BCUT2D eigenvalue weighted by atomic mass is 10.1. The van der Waals surface area contributed by atoms with Gasteiger partial charge in [0.05, 0.1) is 6.61 Å². The van der Waals surface area contributed by atoms with Crippen molar-refractivity contribution in [2.24, 2.45) is 0 Å². The van der Waals surface area contributed by atoms with Gasteiger partial charge in [0.2, 0.25) is 0 Å². The Balaban J connectivity index is 4.22. The van der Waals surface area contributed by atoms with E-state index >= 15 is 0 Å². The Morgan fingerprint density at radius 2 is 1.23 bits per heavy atom. The fourth-order valence-electron chi connectivity index (χ4n) is 3.90. The summed E-state index contributed by atoms with van der Waals surface area (Å²) in [6, 6.07) is 0. The Kier molecular flexibility index (Phi) is 28.8. The molecular weight excluding hydrogens is 579 g/mol. The summed E-state index contributed by atoms with van der Waals surface area (Å²) in [6.45, 7) is 3.40. The van der Waals surface area contributed by atoms with Crippen molar-refractivity contribution in [3.05, 3.63) is 72.9 Å². The first kappa shape index (κ1) is 41.5. The number of hydrogen-bond acceptors (Lipinski definition) is 6. The standard InChI is InChI=1S/C35H57O8P/c1-3-5-7-9-11-13-15-17-19-21-23-25-27-29-34(36)41-31-33(32-42-44(38,39)40)43-35(37)30-28-26-24-22-20-18-16-14-12-10-8-6-4-2/h6,8,10,12,14,16-20,23,25,33H,3-5,7,9,11,13,15,21-22,24,26-32H2,1-2H3,(H2,38,39,40)/b8-6+,12-10+,16-14+,19-17+,20-18+,25-23+. The highest BCUT2D eigenvalue weighted by Crippen LogP contribution is 2.35. The number of phosphoric ester groups is 1. The van der Waals surface area contributed by atoms with Crippen LogP contribution in [0.25, 0.3) is 0 Å². The van der Waals surface area contributed by atoms with Crippen LogP contribution in [0.15, 0.2) is 72.9 Å². The van der Waals surface area contributed by atoms with E-state index in [1.54, 1.807) is 0 Å². The normalized spacial score (nSPS) is 13.5. The zero-order valence-corrected chi connectivity index (χ0v) is 27.9. The van der Waals surface area contributed by atoms with Crippen molar-refractivity contribution in [3.8, 4) is 0 Å². The minimum absolute atomic E-state index is 0.148. The van der Waals surface area contributed by atoms with Crippen molar-refractivity contribution in [2.75, 3.05) is 13.2 Å². The van der Waals surface area contributed by atoms with Gasteiger partial charge in [0, 0.05) is 12.8 Å². The van der Waals surface area contributed by atoms with E-state index in [0.717, 1.165) is 38.5 Å². The van der Waals surface area contributed by atoms with Gasteiger partial charge in [-0.25, -0.2) is 4.57 Å². The number of carbonyl (C=O) groups excluding carboxylic acids is 2. The van der Waals surface area contributed by atoms with Gasteiger partial charge in [0.1, 0.15) is 6.61 Å². The molecule has 8 nitrogen and oxygen atoms in total. The third-order valence-corrected chi connectivity index (χ3v) is 6.80. The molecule has 0 aromatic rings. The van der Waals surface area contributed by atoms with Gasteiger partial charge in [-0.05, 0) is 51.4 Å². The number of allylic oxidation sites excluding steroid dienone is 12. The third-order valence-electron chi connectivity index (χ3n) is 6.32. The average Bonchev–Trinajstić information content (AvgIpc) is 2.98. The first-order chi connectivity index (χ1) is 21.3. The van der Waals surface area contributed by atoms with Gasteiger partial charge < -0.3 is 19.3 Å². The molecule has 0 saturated heterocycles. The third kappa shape index (κ3) is 32.4. The maximum absolute atomic E-state index is 12.3. The van der Waals surface area contributed by atoms with E-state index in [2.05, 4.69) is 42.7 Å². The van der Waals surface area contributed by atoms with Crippen LogP contribution in [0, 0.1) is 0 Å². The van der Waals surface area contributed by atoms with Crippen LogP contribution in [0.3, 0.4) is 0 Å². The van der Waals surface area contributed by atoms with Gasteiger partial charge in [-0.3, -0.25) is 14.1 Å². The molecule has 1 atom stereocenters. The predicted molar refractivity (Wildman–Crippen MR) is 179 cm³/mol. The van der Waals surface area contributed by atoms with E-state index in [9.17, 15) is 14.2 Å². The van der Waals surface area contributed by atoms with E-state index in [0.29, 0.717) is 12.8 Å². The minimum Gasteiger partial charge on any atom is -0.462 e. The number of ether oxygens (including phenoxy) is 2. The summed E-state index contributed by atoms with van der Waals surface area (Å²) < 4.78 is 26.1. The lowest BCUT2D eigenvalue weighted by Gasteiger charge is -2.18. The first-order valence-corrected chi connectivity index (χ1v) is 17.8. The Bertz CT molecular complexity index is 942. The molecule has 0 aromatic heterocycles. The topological polar surface area (TPSA) is 119 Å². The SMILES string of the molecule is CC/C=C/C=C/C=C/C=C/CCCCCC(=O)OC(COC(=O)CC/C=C/C/C=C/CCCCCCCC)COP(=O)(O)O. The van der Waals surface area contributed by atoms with E-state index in [1.165, 1.54) is 38.5 Å². The molecule has 0 aliphatic heterocycles. The molecule has 0 fully saturated rings. The van der Waals surface area contributed by atoms with Crippen LogP contribution in [0.5, 0.6) is 0 Å². The van der Waals surface area contributed by atoms with Crippen LogP contribution in [0.4, 0.5) is 0 Å². The van der Waals surface area contributed by atoms with Gasteiger partial charge in [0.25, 0.3) is 0 Å². The van der Waals surface area contributed by atoms with Crippen molar-refractivity contribution < 1.29 is 37.9 Å². The van der Waals surface area contributed by atoms with E-state index < -0.39 is 32.5 Å². The number of esters is 2. The van der Waals surface area contributed by atoms with Gasteiger partial charge >= 0.3 is 19.8 Å². The first-order valence-electron chi connectivity index (χ1n) is 16.3. The minimum atomic E-state index is -4.77. The molecule has 2 N–H and O–H groups in total. The van der Waals surface area contributed by atoms with Gasteiger partial charge in [-0.15, -0.1) is 0 Å². The summed E-state index contributed by atoms with van der Waals surface area (Å²) in [5, 5.41) is 0. The molecular formula is C35H57O8P. The van der Waals surface area contributed by atoms with Crippen LogP contribution in [0.2, 0.25) is 0 Å². The summed E-state index contributed by atoms with van der Waals surface area (Å²) in [6.07, 6.45) is 37.9. The maximum atomic E-state index is 12.3. The second-order valence-corrected chi connectivity index (χ2v) is 11.7. The number of hydrogen-bond donors (Lipinski definition) is 2. The average molecular weight is 637 g/mol. The summed E-state index contributed by atoms with van der Waals surface area (Å²) >= 11 is 0. The van der Waals surface area contributed by atoms with Crippen molar-refractivity contribution >= 4 is 19.8 Å². The van der Waals surface area contributed by atoms with E-state index in [1.807, 2.05) is 48.6 Å². The van der Waals surface area contributed by atoms with Gasteiger partial charge in [0.15, 0.2) is 6.10 Å². The molecule has 0 aliphatic rings. The highest BCUT2D eigenvalue weighted by atomic mass is 31.2. The molecule has 250 valence electrons. The van der Waals surface area contributed by atoms with E-state index in [4.69, 9.17) is 19.3 Å². The zero-order chi connectivity index (χ0) is 32.6. The number of unbranched alkanes of at least 4 members (excludes halogenated alkanes) is 9. The molecule has 0 saturated carbocycles. The number of rotatable bonds is 28. The zero-order valence-electron chi connectivity index (χ0n) is 27.0. The number of carbonyl (C=O) groups is 2. The Morgan fingerprint density at radius 3 is 1.91 bits per heavy atom. The molecule has 0 bridgehead atoms. The summed E-state index contributed by atoms with van der Waals surface area (Å²) in [5.41, 5.74) is 0. The van der Waals surface area contributed by atoms with Crippen molar-refractivity contribution in [1.82, 2.24) is 0 Å². The predicted octanol–water partition coefficient (Wildman–Crippen LogP) is 9.17. The molecule has 0 aromatic carbocycles. The van der Waals surface area contributed by atoms with Crippen LogP contribution < -0.4 is 0 Å². The van der Waals surface area contributed by atoms with Crippen LogP contribution in [-0.4, -0.2) is 41.0 Å². The Hall–Kier alpha value is -2.51. The molecule has 0 spiro atoms. The molecule has 9 heteroatoms. The Labute approximate surface area is 266 Å². The second kappa shape index (κ2) is 30.5. The molecule has 0 amide bonds. The van der Waals surface area contributed by atoms with Gasteiger partial charge in [-0.1, -0.05) is 125 Å². The molecule has 0 rings (SSSR count). The summed E-state index contributed by atoms with van der Waals surface area (Å²) in [4.78, 5) is 42.4. The van der Waals surface area contributed by atoms with Crippen molar-refractivity contribution in [1.29, 1.82) is 0 Å². The lowest BCUT2D eigenvalue weighted by Crippen LogP contribution is -2.29. The van der Waals surface area contributed by atoms with Crippen LogP contribution in [0.1, 0.15) is 117 Å². The van der Waals surface area contributed by atoms with Crippen molar-refractivity contribution in [3.63, 3.8) is 0 Å². The van der Waals surface area contributed by atoms with E-state index in [-0.39, 0.29) is 19.4 Å². The molecule has 44 heavy (non-hydrogen) atoms. The largest absolute Gasteiger partial charge is 0.469 e. The monoisotopic (exact) mass is 636 g/mol. The summed E-state index contributed by atoms with van der Waals surface area (Å²) in [5.74, 6) is -1.02. The highest BCUT2D eigenvalue weighted by Gasteiger charge is 2.22. The van der Waals surface area contributed by atoms with Crippen LogP contribution in [-0.2, 0) is 28.2 Å². The molecule has 0 heterocycles. The molecule has 0 aliphatic carbocycles. The molecule has 0 radical (unpaired) electrons. The number of phosphoric acid groups is 1. The lowest BCUT2D eigenvalue weighted by molar-refractivity contribution is -0.161. The fourth-order valence-corrected chi connectivity index (χ4v) is 4.26. The van der Waals surface area contributed by atoms with Gasteiger partial charge in [-0.2, -0.15) is 0 Å². The quantitative estimate of drug-likeness (QED) is 0.0287. The fraction of sp³-hybridized carbons (Fsp3) is 0.600. The molecule has 1 unspecified atom stereocenters. The Morgan fingerprint density at radius 1 is 0.636 bits per heavy atom. The highest BCUT2D eigenvalue weighted by molar-refractivity contribution is 7.46. The second-order valence-electron chi connectivity index (χ2n) is 10.5. The van der Waals surface area contributed by atoms with Crippen LogP contribution >= 0.6 is 7.82 Å². The maximum Gasteiger partial charge on any atom is 0.469 e.